The van der Waals surface area contributed by atoms with Crippen LogP contribution >= 0.6 is 0 Å². The summed E-state index contributed by atoms with van der Waals surface area (Å²) >= 11 is 0. The molecule has 0 aliphatic carbocycles. The third-order valence-corrected chi connectivity index (χ3v) is 4.19. The fourth-order valence-electron chi connectivity index (χ4n) is 2.90. The standard InChI is InChI=1S/C18H21N5O3/c1-11-3-4-13(10-14(11)23-8-7-20-18(23)26)17(25)19-6-5-15-21-12(2)9-16(24)22-15/h3-4,9-10H,5-8H2,1-2H3,(H,19,25)(H,20,26)(H,21,22,24). The number of benzene rings is 1. The van der Waals surface area contributed by atoms with Gasteiger partial charge in [0.2, 0.25) is 0 Å². The van der Waals surface area contributed by atoms with Crippen molar-refractivity contribution in [2.75, 3.05) is 24.5 Å². The lowest BCUT2D eigenvalue weighted by molar-refractivity contribution is 0.0954. The molecule has 1 saturated heterocycles. The molecule has 0 spiro atoms. The molecule has 1 aliphatic rings. The highest BCUT2D eigenvalue weighted by Crippen LogP contribution is 2.23. The van der Waals surface area contributed by atoms with Crippen LogP contribution < -0.4 is 21.1 Å². The Kier molecular flexibility index (Phi) is 5.01. The minimum atomic E-state index is -0.235. The van der Waals surface area contributed by atoms with Crippen molar-refractivity contribution in [3.8, 4) is 0 Å². The minimum Gasteiger partial charge on any atom is -0.352 e. The van der Waals surface area contributed by atoms with Gasteiger partial charge >= 0.3 is 6.03 Å². The summed E-state index contributed by atoms with van der Waals surface area (Å²) in [4.78, 5) is 44.2. The molecule has 1 aliphatic heterocycles. The summed E-state index contributed by atoms with van der Waals surface area (Å²) in [6.45, 7) is 5.17. The molecule has 1 fully saturated rings. The van der Waals surface area contributed by atoms with Gasteiger partial charge in [0.1, 0.15) is 5.82 Å². The van der Waals surface area contributed by atoms with E-state index in [-0.39, 0.29) is 17.5 Å². The summed E-state index contributed by atoms with van der Waals surface area (Å²) in [6.07, 6.45) is 0.426. The topological polar surface area (TPSA) is 107 Å². The molecule has 2 aromatic rings. The van der Waals surface area contributed by atoms with Gasteiger partial charge in [0.15, 0.2) is 0 Å². The summed E-state index contributed by atoms with van der Waals surface area (Å²) in [5.74, 6) is 0.300. The van der Waals surface area contributed by atoms with Gasteiger partial charge in [-0.2, -0.15) is 0 Å². The number of hydrogen-bond acceptors (Lipinski definition) is 4. The first-order chi connectivity index (χ1) is 12.4. The molecule has 0 saturated carbocycles. The second-order valence-electron chi connectivity index (χ2n) is 6.22. The van der Waals surface area contributed by atoms with E-state index >= 15 is 0 Å². The van der Waals surface area contributed by atoms with Crippen LogP contribution in [0.2, 0.25) is 0 Å². The predicted octanol–water partition coefficient (Wildman–Crippen LogP) is 0.889. The number of aryl methyl sites for hydroxylation is 2. The third kappa shape index (κ3) is 3.90. The molecule has 136 valence electrons. The zero-order valence-corrected chi connectivity index (χ0v) is 14.8. The smallest absolute Gasteiger partial charge is 0.322 e. The van der Waals surface area contributed by atoms with E-state index in [0.717, 1.165) is 11.3 Å². The van der Waals surface area contributed by atoms with Crippen LogP contribution in [-0.2, 0) is 6.42 Å². The summed E-state index contributed by atoms with van der Waals surface area (Å²) in [5, 5.41) is 5.57. The lowest BCUT2D eigenvalue weighted by Crippen LogP contribution is -2.30. The molecule has 3 amide bonds. The molecule has 0 radical (unpaired) electrons. The van der Waals surface area contributed by atoms with Gasteiger partial charge in [-0.25, -0.2) is 9.78 Å². The van der Waals surface area contributed by atoms with Crippen molar-refractivity contribution in [2.45, 2.75) is 20.3 Å². The van der Waals surface area contributed by atoms with Crippen LogP contribution in [0.3, 0.4) is 0 Å². The number of aromatic amines is 1. The highest BCUT2D eigenvalue weighted by Gasteiger charge is 2.23. The Hall–Kier alpha value is -3.16. The Morgan fingerprint density at radius 1 is 1.27 bits per heavy atom. The zero-order valence-electron chi connectivity index (χ0n) is 14.8. The van der Waals surface area contributed by atoms with Crippen molar-refractivity contribution >= 4 is 17.6 Å². The lowest BCUT2D eigenvalue weighted by atomic mass is 10.1. The van der Waals surface area contributed by atoms with Gasteiger partial charge < -0.3 is 15.6 Å². The molecule has 3 N–H and O–H groups in total. The highest BCUT2D eigenvalue weighted by atomic mass is 16.2. The number of carbonyl (C=O) groups is 2. The molecule has 0 atom stereocenters. The van der Waals surface area contributed by atoms with Gasteiger partial charge in [0.25, 0.3) is 11.5 Å². The van der Waals surface area contributed by atoms with Gasteiger partial charge in [-0.05, 0) is 31.5 Å². The number of hydrogen-bond donors (Lipinski definition) is 3. The summed E-state index contributed by atoms with van der Waals surface area (Å²) < 4.78 is 0. The van der Waals surface area contributed by atoms with Crippen LogP contribution in [0.5, 0.6) is 0 Å². The molecule has 2 heterocycles. The van der Waals surface area contributed by atoms with E-state index in [1.165, 1.54) is 6.07 Å². The first kappa shape index (κ1) is 17.7. The van der Waals surface area contributed by atoms with E-state index in [1.54, 1.807) is 24.0 Å². The Morgan fingerprint density at radius 3 is 2.77 bits per heavy atom. The zero-order chi connectivity index (χ0) is 18.7. The number of rotatable bonds is 5. The molecular weight excluding hydrogens is 334 g/mol. The quantitative estimate of drug-likeness (QED) is 0.740. The second kappa shape index (κ2) is 7.38. The number of nitrogens with zero attached hydrogens (tertiary/aromatic N) is 2. The fraction of sp³-hybridized carbons (Fsp3) is 0.333. The average molecular weight is 355 g/mol. The van der Waals surface area contributed by atoms with Gasteiger partial charge in [0.05, 0.1) is 0 Å². The SMILES string of the molecule is Cc1cc(=O)[nH]c(CCNC(=O)c2ccc(C)c(N3CCNC3=O)c2)n1. The molecule has 1 aromatic carbocycles. The van der Waals surface area contributed by atoms with Crippen molar-refractivity contribution in [3.05, 3.63) is 57.3 Å². The number of carbonyl (C=O) groups excluding carboxylic acids is 2. The van der Waals surface area contributed by atoms with E-state index in [0.29, 0.717) is 43.1 Å². The summed E-state index contributed by atoms with van der Waals surface area (Å²) in [5.41, 5.74) is 2.58. The Morgan fingerprint density at radius 2 is 2.08 bits per heavy atom. The molecule has 0 unspecified atom stereocenters. The Bertz CT molecular complexity index is 906. The fourth-order valence-corrected chi connectivity index (χ4v) is 2.90. The van der Waals surface area contributed by atoms with E-state index in [9.17, 15) is 14.4 Å². The lowest BCUT2D eigenvalue weighted by Gasteiger charge is -2.18. The van der Waals surface area contributed by atoms with E-state index in [1.807, 2.05) is 13.0 Å². The van der Waals surface area contributed by atoms with Crippen LogP contribution in [0.25, 0.3) is 0 Å². The first-order valence-electron chi connectivity index (χ1n) is 8.45. The average Bonchev–Trinajstić information content (AvgIpc) is 3.00. The molecule has 8 nitrogen and oxygen atoms in total. The van der Waals surface area contributed by atoms with Crippen molar-refractivity contribution in [1.82, 2.24) is 20.6 Å². The maximum absolute atomic E-state index is 12.4. The number of H-pyrrole nitrogens is 1. The molecule has 3 rings (SSSR count). The number of urea groups is 1. The van der Waals surface area contributed by atoms with Gasteiger partial charge in [-0.1, -0.05) is 6.07 Å². The molecular formula is C18H21N5O3. The van der Waals surface area contributed by atoms with Crippen molar-refractivity contribution in [1.29, 1.82) is 0 Å². The molecule has 1 aromatic heterocycles. The Labute approximate surface area is 150 Å². The number of amides is 3. The molecule has 8 heteroatoms. The van der Waals surface area contributed by atoms with Crippen molar-refractivity contribution in [2.24, 2.45) is 0 Å². The van der Waals surface area contributed by atoms with E-state index in [2.05, 4.69) is 20.6 Å². The van der Waals surface area contributed by atoms with Gasteiger partial charge in [-0.3, -0.25) is 14.5 Å². The second-order valence-corrected chi connectivity index (χ2v) is 6.22. The predicted molar refractivity (Wildman–Crippen MR) is 97.6 cm³/mol. The third-order valence-electron chi connectivity index (χ3n) is 4.19. The van der Waals surface area contributed by atoms with Gasteiger partial charge in [-0.15, -0.1) is 0 Å². The van der Waals surface area contributed by atoms with Crippen LogP contribution in [0.15, 0.2) is 29.1 Å². The normalized spacial score (nSPS) is 13.6. The van der Waals surface area contributed by atoms with Crippen molar-refractivity contribution in [3.63, 3.8) is 0 Å². The van der Waals surface area contributed by atoms with Crippen molar-refractivity contribution < 1.29 is 9.59 Å². The molecule has 0 bridgehead atoms. The van der Waals surface area contributed by atoms with E-state index < -0.39 is 0 Å². The number of nitrogens with one attached hydrogen (secondary N) is 3. The summed E-state index contributed by atoms with van der Waals surface area (Å²) in [7, 11) is 0. The van der Waals surface area contributed by atoms with Crippen LogP contribution in [-0.4, -0.2) is 41.5 Å². The summed E-state index contributed by atoms with van der Waals surface area (Å²) in [6, 6.07) is 6.55. The van der Waals surface area contributed by atoms with Gasteiger partial charge in [0, 0.05) is 49.1 Å². The van der Waals surface area contributed by atoms with Crippen LogP contribution in [0, 0.1) is 13.8 Å². The van der Waals surface area contributed by atoms with Crippen LogP contribution in [0.4, 0.5) is 10.5 Å². The first-order valence-corrected chi connectivity index (χ1v) is 8.45. The monoisotopic (exact) mass is 355 g/mol. The highest BCUT2D eigenvalue weighted by molar-refractivity contribution is 5.99. The largest absolute Gasteiger partial charge is 0.352 e. The van der Waals surface area contributed by atoms with Crippen LogP contribution in [0.1, 0.15) is 27.4 Å². The Balaban J connectivity index is 1.66. The maximum Gasteiger partial charge on any atom is 0.322 e. The number of aromatic nitrogens is 2. The number of anilines is 1. The minimum absolute atomic E-state index is 0.153. The van der Waals surface area contributed by atoms with E-state index in [4.69, 9.17) is 0 Å². The molecule has 26 heavy (non-hydrogen) atoms. The maximum atomic E-state index is 12.4.